The molecule has 110 valence electrons. The average molecular weight is 293 g/mol. The van der Waals surface area contributed by atoms with Gasteiger partial charge in [-0.05, 0) is 42.7 Å². The van der Waals surface area contributed by atoms with Gasteiger partial charge in [-0.3, -0.25) is 0 Å². The Morgan fingerprint density at radius 1 is 1.14 bits per heavy atom. The molecule has 4 rings (SSSR count). The van der Waals surface area contributed by atoms with Crippen LogP contribution in [-0.4, -0.2) is 16.5 Å². The highest BCUT2D eigenvalue weighted by molar-refractivity contribution is 5.89. The summed E-state index contributed by atoms with van der Waals surface area (Å²) in [6, 6.07) is 13.4. The van der Waals surface area contributed by atoms with Gasteiger partial charge in [0, 0.05) is 11.9 Å². The van der Waals surface area contributed by atoms with Crippen LogP contribution in [0.25, 0.3) is 10.9 Å². The number of rotatable bonds is 1. The van der Waals surface area contributed by atoms with E-state index in [-0.39, 0.29) is 11.9 Å². The Labute approximate surface area is 128 Å². The molecule has 3 nitrogen and oxygen atoms in total. The number of halogens is 1. The quantitative estimate of drug-likeness (QED) is 0.681. The second-order valence-electron chi connectivity index (χ2n) is 5.68. The largest absolute Gasteiger partial charge is 0.349 e. The lowest BCUT2D eigenvalue weighted by Gasteiger charge is -2.36. The van der Waals surface area contributed by atoms with Crippen LogP contribution in [0.5, 0.6) is 0 Å². The monoisotopic (exact) mass is 293 g/mol. The van der Waals surface area contributed by atoms with Crippen molar-refractivity contribution in [1.82, 2.24) is 9.97 Å². The molecule has 0 saturated carbocycles. The van der Waals surface area contributed by atoms with Gasteiger partial charge >= 0.3 is 0 Å². The highest BCUT2D eigenvalue weighted by atomic mass is 19.1. The lowest BCUT2D eigenvalue weighted by molar-refractivity contribution is 0.616. The first-order chi connectivity index (χ1) is 10.7. The third-order valence-electron chi connectivity index (χ3n) is 4.44. The Balaban J connectivity index is 1.85. The Hall–Kier alpha value is -2.49. The molecule has 0 fully saturated rings. The van der Waals surface area contributed by atoms with E-state index in [0.717, 1.165) is 29.7 Å². The zero-order valence-electron chi connectivity index (χ0n) is 12.3. The number of nitrogens with zero attached hydrogens (tertiary/aromatic N) is 3. The predicted octanol–water partition coefficient (Wildman–Crippen LogP) is 3.89. The Morgan fingerprint density at radius 2 is 2.00 bits per heavy atom. The van der Waals surface area contributed by atoms with E-state index in [4.69, 9.17) is 0 Å². The fourth-order valence-electron chi connectivity index (χ4n) is 3.31. The summed E-state index contributed by atoms with van der Waals surface area (Å²) < 4.78 is 13.6. The van der Waals surface area contributed by atoms with Crippen molar-refractivity contribution in [2.24, 2.45) is 0 Å². The van der Waals surface area contributed by atoms with Gasteiger partial charge in [-0.2, -0.15) is 0 Å². The van der Waals surface area contributed by atoms with Crippen molar-refractivity contribution in [3.63, 3.8) is 0 Å². The van der Waals surface area contributed by atoms with E-state index in [0.29, 0.717) is 0 Å². The SMILES string of the molecule is CC1c2ccccc2CCN1c1ncnc2ccc(F)cc12. The predicted molar refractivity (Wildman–Crippen MR) is 85.4 cm³/mol. The summed E-state index contributed by atoms with van der Waals surface area (Å²) >= 11 is 0. The Kier molecular flexibility index (Phi) is 3.03. The summed E-state index contributed by atoms with van der Waals surface area (Å²) in [4.78, 5) is 10.9. The molecule has 1 aliphatic rings. The van der Waals surface area contributed by atoms with E-state index < -0.39 is 0 Å². The number of aromatic nitrogens is 2. The Bertz CT molecular complexity index is 847. The molecule has 1 unspecified atom stereocenters. The van der Waals surface area contributed by atoms with Crippen molar-refractivity contribution >= 4 is 16.7 Å². The van der Waals surface area contributed by atoms with Crippen LogP contribution in [0.4, 0.5) is 10.2 Å². The van der Waals surface area contributed by atoms with Gasteiger partial charge < -0.3 is 4.90 Å². The van der Waals surface area contributed by atoms with Crippen LogP contribution in [-0.2, 0) is 6.42 Å². The second-order valence-corrected chi connectivity index (χ2v) is 5.68. The van der Waals surface area contributed by atoms with Gasteiger partial charge in [0.05, 0.1) is 11.6 Å². The van der Waals surface area contributed by atoms with Crippen molar-refractivity contribution in [3.8, 4) is 0 Å². The van der Waals surface area contributed by atoms with Crippen molar-refractivity contribution in [3.05, 3.63) is 65.7 Å². The van der Waals surface area contributed by atoms with Gasteiger partial charge in [-0.1, -0.05) is 24.3 Å². The van der Waals surface area contributed by atoms with Crippen molar-refractivity contribution in [2.45, 2.75) is 19.4 Å². The van der Waals surface area contributed by atoms with E-state index in [2.05, 4.69) is 46.1 Å². The number of benzene rings is 2. The number of fused-ring (bicyclic) bond motifs is 2. The number of hydrogen-bond donors (Lipinski definition) is 0. The molecule has 1 aliphatic heterocycles. The maximum absolute atomic E-state index is 13.6. The lowest BCUT2D eigenvalue weighted by atomic mass is 9.93. The van der Waals surface area contributed by atoms with Crippen molar-refractivity contribution < 1.29 is 4.39 Å². The summed E-state index contributed by atoms with van der Waals surface area (Å²) in [7, 11) is 0. The van der Waals surface area contributed by atoms with Crippen LogP contribution in [0, 0.1) is 5.82 Å². The van der Waals surface area contributed by atoms with Crippen LogP contribution in [0.3, 0.4) is 0 Å². The summed E-state index contributed by atoms with van der Waals surface area (Å²) in [5.41, 5.74) is 3.48. The van der Waals surface area contributed by atoms with Crippen LogP contribution in [0.15, 0.2) is 48.8 Å². The Morgan fingerprint density at radius 3 is 2.91 bits per heavy atom. The summed E-state index contributed by atoms with van der Waals surface area (Å²) in [5, 5.41) is 0.772. The van der Waals surface area contributed by atoms with Crippen molar-refractivity contribution in [1.29, 1.82) is 0 Å². The van der Waals surface area contributed by atoms with Gasteiger partial charge in [-0.15, -0.1) is 0 Å². The molecule has 0 spiro atoms. The summed E-state index contributed by atoms with van der Waals surface area (Å²) in [5.74, 6) is 0.556. The van der Waals surface area contributed by atoms with E-state index in [1.54, 1.807) is 12.4 Å². The second kappa shape index (κ2) is 5.05. The van der Waals surface area contributed by atoms with Gasteiger partial charge in [0.1, 0.15) is 18.0 Å². The first kappa shape index (κ1) is 13.2. The third-order valence-corrected chi connectivity index (χ3v) is 4.44. The molecule has 0 saturated heterocycles. The van der Waals surface area contributed by atoms with Crippen LogP contribution < -0.4 is 4.90 Å². The molecular weight excluding hydrogens is 277 g/mol. The molecule has 0 N–H and O–H groups in total. The highest BCUT2D eigenvalue weighted by Gasteiger charge is 2.25. The molecule has 1 aromatic heterocycles. The minimum atomic E-state index is -0.256. The van der Waals surface area contributed by atoms with Gasteiger partial charge in [-0.25, -0.2) is 14.4 Å². The van der Waals surface area contributed by atoms with Gasteiger partial charge in [0.25, 0.3) is 0 Å². The maximum atomic E-state index is 13.6. The molecule has 22 heavy (non-hydrogen) atoms. The van der Waals surface area contributed by atoms with Crippen molar-refractivity contribution in [2.75, 3.05) is 11.4 Å². The molecule has 1 atom stereocenters. The number of hydrogen-bond acceptors (Lipinski definition) is 3. The third kappa shape index (κ3) is 2.03. The minimum Gasteiger partial charge on any atom is -0.349 e. The molecule has 0 aliphatic carbocycles. The summed E-state index contributed by atoms with van der Waals surface area (Å²) in [6.07, 6.45) is 2.53. The van der Waals surface area contributed by atoms with E-state index in [1.807, 2.05) is 0 Å². The van der Waals surface area contributed by atoms with E-state index in [9.17, 15) is 4.39 Å². The minimum absolute atomic E-state index is 0.214. The molecule has 2 heterocycles. The van der Waals surface area contributed by atoms with Gasteiger partial charge in [0.15, 0.2) is 0 Å². The molecule has 0 radical (unpaired) electrons. The zero-order valence-corrected chi connectivity index (χ0v) is 12.3. The first-order valence-corrected chi connectivity index (χ1v) is 7.49. The highest BCUT2D eigenvalue weighted by Crippen LogP contribution is 2.35. The van der Waals surface area contributed by atoms with E-state index in [1.165, 1.54) is 23.3 Å². The smallest absolute Gasteiger partial charge is 0.140 e. The fourth-order valence-corrected chi connectivity index (χ4v) is 3.31. The van der Waals surface area contributed by atoms with Crippen LogP contribution >= 0.6 is 0 Å². The topological polar surface area (TPSA) is 29.0 Å². The summed E-state index contributed by atoms with van der Waals surface area (Å²) in [6.45, 7) is 3.05. The van der Waals surface area contributed by atoms with Crippen LogP contribution in [0.2, 0.25) is 0 Å². The van der Waals surface area contributed by atoms with Crippen LogP contribution in [0.1, 0.15) is 24.1 Å². The normalized spacial score (nSPS) is 17.5. The maximum Gasteiger partial charge on any atom is 0.140 e. The first-order valence-electron chi connectivity index (χ1n) is 7.49. The molecule has 3 aromatic rings. The number of anilines is 1. The van der Waals surface area contributed by atoms with Gasteiger partial charge in [0.2, 0.25) is 0 Å². The molecule has 0 amide bonds. The lowest BCUT2D eigenvalue weighted by Crippen LogP contribution is -2.34. The molecular formula is C18H16FN3. The molecule has 4 heteroatoms. The molecule has 0 bridgehead atoms. The standard InChI is InChI=1S/C18H16FN3/c1-12-15-5-3-2-4-13(15)8-9-22(12)18-16-10-14(19)6-7-17(16)20-11-21-18/h2-7,10-12H,8-9H2,1H3. The van der Waals surface area contributed by atoms with E-state index >= 15 is 0 Å². The average Bonchev–Trinajstić information content (AvgIpc) is 2.55. The molecule has 2 aromatic carbocycles. The zero-order chi connectivity index (χ0) is 15.1. The fraction of sp³-hybridized carbons (Fsp3) is 0.222.